The molecule has 0 aromatic heterocycles. The van der Waals surface area contributed by atoms with Gasteiger partial charge in [0.2, 0.25) is 0 Å². The zero-order valence-corrected chi connectivity index (χ0v) is 17.1. The van der Waals surface area contributed by atoms with Crippen LogP contribution in [0.3, 0.4) is 0 Å². The number of ether oxygens (including phenoxy) is 1. The fourth-order valence-corrected chi connectivity index (χ4v) is 2.90. The van der Waals surface area contributed by atoms with Crippen molar-refractivity contribution in [1.82, 2.24) is 5.32 Å². The third kappa shape index (κ3) is 5.55. The Bertz CT molecular complexity index is 730. The van der Waals surface area contributed by atoms with Crippen molar-refractivity contribution in [3.63, 3.8) is 0 Å². The summed E-state index contributed by atoms with van der Waals surface area (Å²) >= 11 is 0.965. The van der Waals surface area contributed by atoms with Crippen molar-refractivity contribution in [2.75, 3.05) is 6.26 Å². The van der Waals surface area contributed by atoms with Gasteiger partial charge in [0.15, 0.2) is 0 Å². The van der Waals surface area contributed by atoms with Crippen LogP contribution in [-0.4, -0.2) is 28.6 Å². The van der Waals surface area contributed by atoms with Gasteiger partial charge in [-0.3, -0.25) is 0 Å². The average molecular weight is 402 g/mol. The number of thioether (sulfide) groups is 1. The van der Waals surface area contributed by atoms with Crippen LogP contribution in [0.1, 0.15) is 46.6 Å². The van der Waals surface area contributed by atoms with E-state index in [1.54, 1.807) is 27.0 Å². The molecule has 1 N–H and O–H groups in total. The summed E-state index contributed by atoms with van der Waals surface area (Å²) in [5.74, 6) is -4.54. The van der Waals surface area contributed by atoms with Crippen LogP contribution in [0.4, 0.5) is 18.0 Å². The fraction of sp³-hybridized carbons (Fsp3) is 0.579. The molecule has 0 fully saturated rings. The Hall–Kier alpha value is -1.88. The molecule has 2 unspecified atom stereocenters. The number of alkyl halides is 2. The molecule has 4 nitrogen and oxygen atoms in total. The maximum Gasteiger partial charge on any atom is 0.408 e. The molecule has 27 heavy (non-hydrogen) atoms. The van der Waals surface area contributed by atoms with Gasteiger partial charge in [0.25, 0.3) is 5.92 Å². The number of carbonyl (C=O) groups is 1. The van der Waals surface area contributed by atoms with Crippen LogP contribution < -0.4 is 5.32 Å². The minimum Gasteiger partial charge on any atom is -0.444 e. The van der Waals surface area contributed by atoms with Crippen LogP contribution in [0.15, 0.2) is 24.3 Å². The monoisotopic (exact) mass is 402 g/mol. The summed E-state index contributed by atoms with van der Waals surface area (Å²) in [7, 11) is 0. The SMILES string of the molecule is CSC(C)(C#N)CC(F)(F)C(C)(NC(=O)OC(C)(C)C)c1ccccc1F. The zero-order chi connectivity index (χ0) is 21.1. The summed E-state index contributed by atoms with van der Waals surface area (Å²) in [5.41, 5.74) is -3.73. The van der Waals surface area contributed by atoms with E-state index in [1.807, 2.05) is 6.07 Å². The molecule has 0 aliphatic rings. The van der Waals surface area contributed by atoms with Crippen molar-refractivity contribution in [1.29, 1.82) is 5.26 Å². The van der Waals surface area contributed by atoms with Crippen LogP contribution in [0.2, 0.25) is 0 Å². The molecule has 1 aromatic rings. The van der Waals surface area contributed by atoms with Gasteiger partial charge in [0, 0.05) is 12.0 Å². The van der Waals surface area contributed by atoms with E-state index in [1.165, 1.54) is 25.1 Å². The summed E-state index contributed by atoms with van der Waals surface area (Å²) < 4.78 is 48.9. The smallest absolute Gasteiger partial charge is 0.408 e. The van der Waals surface area contributed by atoms with Gasteiger partial charge in [-0.15, -0.1) is 11.8 Å². The second-order valence-corrected chi connectivity index (χ2v) is 8.97. The van der Waals surface area contributed by atoms with Gasteiger partial charge < -0.3 is 10.1 Å². The molecule has 0 radical (unpaired) electrons. The lowest BCUT2D eigenvalue weighted by atomic mass is 9.81. The van der Waals surface area contributed by atoms with Gasteiger partial charge in [0.05, 0.1) is 6.07 Å². The Labute approximate surface area is 162 Å². The number of carbonyl (C=O) groups excluding carboxylic acids is 1. The Balaban J connectivity index is 3.44. The lowest BCUT2D eigenvalue weighted by molar-refractivity contribution is -0.0977. The molecule has 0 aliphatic carbocycles. The van der Waals surface area contributed by atoms with Crippen LogP contribution in [0, 0.1) is 17.1 Å². The Kier molecular flexibility index (Phi) is 6.87. The molecule has 8 heteroatoms. The second-order valence-electron chi connectivity index (χ2n) is 7.66. The quantitative estimate of drug-likeness (QED) is 0.707. The average Bonchev–Trinajstić information content (AvgIpc) is 2.52. The summed E-state index contributed by atoms with van der Waals surface area (Å²) in [6, 6.07) is 6.85. The van der Waals surface area contributed by atoms with Crippen molar-refractivity contribution < 1.29 is 22.7 Å². The van der Waals surface area contributed by atoms with Crippen LogP contribution >= 0.6 is 11.8 Å². The number of amides is 1. The number of hydrogen-bond donors (Lipinski definition) is 1. The number of nitrogens with one attached hydrogen (secondary N) is 1. The van der Waals surface area contributed by atoms with Crippen molar-refractivity contribution in [2.45, 2.75) is 62.8 Å². The van der Waals surface area contributed by atoms with Crippen molar-refractivity contribution in [2.24, 2.45) is 0 Å². The van der Waals surface area contributed by atoms with E-state index in [9.17, 15) is 14.4 Å². The maximum atomic E-state index is 15.4. The van der Waals surface area contributed by atoms with E-state index >= 15 is 8.78 Å². The van der Waals surface area contributed by atoms with Crippen LogP contribution in [-0.2, 0) is 10.3 Å². The topological polar surface area (TPSA) is 62.1 Å². The number of benzene rings is 1. The van der Waals surface area contributed by atoms with Crippen LogP contribution in [0.5, 0.6) is 0 Å². The lowest BCUT2D eigenvalue weighted by Gasteiger charge is -2.41. The number of hydrogen-bond acceptors (Lipinski definition) is 4. The number of nitrogens with zero attached hydrogens (tertiary/aromatic N) is 1. The Morgan fingerprint density at radius 2 is 1.78 bits per heavy atom. The predicted octanol–water partition coefficient (Wildman–Crippen LogP) is 5.24. The van der Waals surface area contributed by atoms with Gasteiger partial charge in [-0.1, -0.05) is 18.2 Å². The molecule has 150 valence electrons. The molecule has 0 aliphatic heterocycles. The van der Waals surface area contributed by atoms with E-state index in [4.69, 9.17) is 4.74 Å². The standard InChI is InChI=1S/C19H25F3N2O2S/c1-16(2,3)26-15(25)24-18(5,13-9-7-8-10-14(13)20)19(21,22)11-17(4,12-23)27-6/h7-10H,11H2,1-6H3,(H,24,25). The first kappa shape index (κ1) is 23.2. The molecule has 2 atom stereocenters. The van der Waals surface area contributed by atoms with Gasteiger partial charge in [-0.2, -0.15) is 5.26 Å². The molecule has 0 heterocycles. The zero-order valence-electron chi connectivity index (χ0n) is 16.3. The molecular formula is C19H25F3N2O2S. The van der Waals surface area contributed by atoms with Gasteiger partial charge >= 0.3 is 6.09 Å². The summed E-state index contributed by atoms with van der Waals surface area (Å²) in [6.07, 6.45) is -0.449. The normalized spacial score (nSPS) is 16.6. The first-order valence-corrected chi connectivity index (χ1v) is 9.52. The highest BCUT2D eigenvalue weighted by atomic mass is 32.2. The van der Waals surface area contributed by atoms with Crippen molar-refractivity contribution in [3.05, 3.63) is 35.6 Å². The Morgan fingerprint density at radius 1 is 1.22 bits per heavy atom. The minimum absolute atomic E-state index is 0.387. The molecule has 1 aromatic carbocycles. The number of halogens is 3. The number of nitriles is 1. The van der Waals surface area contributed by atoms with E-state index in [0.29, 0.717) is 0 Å². The molecule has 1 amide bonds. The third-order valence-corrected chi connectivity index (χ3v) is 5.28. The van der Waals surface area contributed by atoms with Gasteiger partial charge in [-0.25, -0.2) is 18.0 Å². The molecular weight excluding hydrogens is 377 g/mol. The summed E-state index contributed by atoms with van der Waals surface area (Å²) in [6.45, 7) is 7.18. The first-order chi connectivity index (χ1) is 12.2. The summed E-state index contributed by atoms with van der Waals surface area (Å²) in [5, 5.41) is 11.4. The van der Waals surface area contributed by atoms with E-state index in [2.05, 4.69) is 5.32 Å². The minimum atomic E-state index is -3.65. The second kappa shape index (κ2) is 8.01. The number of rotatable bonds is 6. The molecule has 0 spiro atoms. The summed E-state index contributed by atoms with van der Waals surface area (Å²) in [4.78, 5) is 12.3. The molecule has 1 rings (SSSR count). The third-order valence-electron chi connectivity index (χ3n) is 4.14. The van der Waals surface area contributed by atoms with Crippen molar-refractivity contribution in [3.8, 4) is 6.07 Å². The molecule has 0 saturated heterocycles. The van der Waals surface area contributed by atoms with E-state index < -0.39 is 40.1 Å². The van der Waals surface area contributed by atoms with Crippen LogP contribution in [0.25, 0.3) is 0 Å². The Morgan fingerprint density at radius 3 is 2.22 bits per heavy atom. The van der Waals surface area contributed by atoms with Crippen molar-refractivity contribution >= 4 is 17.9 Å². The van der Waals surface area contributed by atoms with Gasteiger partial charge in [-0.05, 0) is 46.9 Å². The highest BCUT2D eigenvalue weighted by Crippen LogP contribution is 2.46. The predicted molar refractivity (Wildman–Crippen MR) is 100 cm³/mol. The number of alkyl carbamates (subject to hydrolysis) is 1. The van der Waals surface area contributed by atoms with E-state index in [-0.39, 0.29) is 5.56 Å². The highest BCUT2D eigenvalue weighted by Gasteiger charge is 2.57. The van der Waals surface area contributed by atoms with Gasteiger partial charge in [0.1, 0.15) is 21.7 Å². The largest absolute Gasteiger partial charge is 0.444 e. The fourth-order valence-electron chi connectivity index (χ4n) is 2.49. The molecule has 0 saturated carbocycles. The molecule has 0 bridgehead atoms. The highest BCUT2D eigenvalue weighted by molar-refractivity contribution is 8.00. The lowest BCUT2D eigenvalue weighted by Crippen LogP contribution is -2.58. The first-order valence-electron chi connectivity index (χ1n) is 8.30. The van der Waals surface area contributed by atoms with E-state index in [0.717, 1.165) is 24.8 Å². The maximum absolute atomic E-state index is 15.4.